The molecule has 1 rings (SSSR count). The van der Waals surface area contributed by atoms with Gasteiger partial charge < -0.3 is 20.1 Å². The molecule has 1 aliphatic rings. The number of carbonyl (C=O) groups excluding carboxylic acids is 2. The second-order valence-corrected chi connectivity index (χ2v) is 6.51. The molecule has 1 saturated heterocycles. The van der Waals surface area contributed by atoms with E-state index in [1.165, 1.54) is 12.0 Å². The molecule has 120 valence electrons. The fourth-order valence-corrected chi connectivity index (χ4v) is 2.30. The first-order valence-electron chi connectivity index (χ1n) is 6.96. The van der Waals surface area contributed by atoms with E-state index in [-0.39, 0.29) is 36.9 Å². The zero-order valence-electron chi connectivity index (χ0n) is 13.0. The highest BCUT2D eigenvalue weighted by molar-refractivity contribution is 5.88. The molecule has 0 spiro atoms. The van der Waals surface area contributed by atoms with Crippen molar-refractivity contribution in [2.24, 2.45) is 5.41 Å². The summed E-state index contributed by atoms with van der Waals surface area (Å²) in [6, 6.07) is -0.887. The number of aliphatic carboxylic acids is 1. The first kappa shape index (κ1) is 17.4. The average molecular weight is 300 g/mol. The third-order valence-electron chi connectivity index (χ3n) is 3.33. The maximum absolute atomic E-state index is 12.1. The van der Waals surface area contributed by atoms with Gasteiger partial charge in [-0.3, -0.25) is 9.59 Å². The molecule has 0 saturated carbocycles. The van der Waals surface area contributed by atoms with Gasteiger partial charge in [0.25, 0.3) is 0 Å². The van der Waals surface area contributed by atoms with Crippen LogP contribution >= 0.6 is 0 Å². The first-order valence-corrected chi connectivity index (χ1v) is 6.96. The van der Waals surface area contributed by atoms with Crippen molar-refractivity contribution in [1.82, 2.24) is 10.2 Å². The largest absolute Gasteiger partial charge is 0.480 e. The summed E-state index contributed by atoms with van der Waals surface area (Å²) in [4.78, 5) is 36.2. The molecule has 1 aliphatic heterocycles. The number of amides is 2. The summed E-state index contributed by atoms with van der Waals surface area (Å²) >= 11 is 0. The molecule has 7 heteroatoms. The minimum atomic E-state index is -1.05. The van der Waals surface area contributed by atoms with Gasteiger partial charge >= 0.3 is 5.97 Å². The Kier molecular flexibility index (Phi) is 5.71. The Hall–Kier alpha value is -1.63. The minimum absolute atomic E-state index is 0.161. The molecule has 2 amide bonds. The zero-order valence-corrected chi connectivity index (χ0v) is 13.0. The normalized spacial score (nSPS) is 22.2. The number of rotatable bonds is 5. The van der Waals surface area contributed by atoms with Gasteiger partial charge in [-0.1, -0.05) is 20.8 Å². The van der Waals surface area contributed by atoms with Crippen molar-refractivity contribution in [2.45, 2.75) is 45.8 Å². The highest BCUT2D eigenvalue weighted by Crippen LogP contribution is 2.20. The van der Waals surface area contributed by atoms with Crippen molar-refractivity contribution in [3.63, 3.8) is 0 Å². The van der Waals surface area contributed by atoms with Gasteiger partial charge in [-0.2, -0.15) is 0 Å². The van der Waals surface area contributed by atoms with Crippen LogP contribution in [0.25, 0.3) is 0 Å². The highest BCUT2D eigenvalue weighted by atomic mass is 16.5. The number of carboxylic acid groups (broad SMARTS) is 1. The number of ether oxygens (including phenoxy) is 1. The Balaban J connectivity index is 2.54. The second kappa shape index (κ2) is 6.89. The number of carbonyl (C=O) groups is 3. The van der Waals surface area contributed by atoms with Gasteiger partial charge in [-0.25, -0.2) is 4.79 Å². The summed E-state index contributed by atoms with van der Waals surface area (Å²) in [6.07, 6.45) is 0.303. The number of hydrogen-bond acceptors (Lipinski definition) is 4. The minimum Gasteiger partial charge on any atom is -0.480 e. The Morgan fingerprint density at radius 2 is 1.95 bits per heavy atom. The van der Waals surface area contributed by atoms with Crippen molar-refractivity contribution in [2.75, 3.05) is 20.2 Å². The van der Waals surface area contributed by atoms with Gasteiger partial charge in [0.15, 0.2) is 0 Å². The molecule has 7 nitrogen and oxygen atoms in total. The summed E-state index contributed by atoms with van der Waals surface area (Å²) in [5, 5.41) is 11.7. The first-order chi connectivity index (χ1) is 9.64. The maximum atomic E-state index is 12.1. The molecular formula is C14H24N2O5. The summed E-state index contributed by atoms with van der Waals surface area (Å²) in [7, 11) is 1.49. The Labute approximate surface area is 124 Å². The van der Waals surface area contributed by atoms with E-state index in [0.717, 1.165) is 0 Å². The molecule has 0 aliphatic carbocycles. The summed E-state index contributed by atoms with van der Waals surface area (Å²) in [5.74, 6) is -1.67. The van der Waals surface area contributed by atoms with Crippen LogP contribution in [0.2, 0.25) is 0 Å². The van der Waals surface area contributed by atoms with E-state index < -0.39 is 17.9 Å². The van der Waals surface area contributed by atoms with E-state index in [4.69, 9.17) is 9.84 Å². The van der Waals surface area contributed by atoms with Crippen LogP contribution < -0.4 is 5.32 Å². The van der Waals surface area contributed by atoms with Crippen LogP contribution in [-0.2, 0) is 19.1 Å². The predicted molar refractivity (Wildman–Crippen MR) is 75.6 cm³/mol. The molecule has 2 atom stereocenters. The standard InChI is InChI=1S/C14H24N2O5/c1-14(2,3)6-11(17)15-7-12(18)16-8-9(21-4)5-10(16)13(19)20/h9-10H,5-8H2,1-4H3,(H,15,17)(H,19,20). The molecule has 0 aromatic rings. The quantitative estimate of drug-likeness (QED) is 0.758. The van der Waals surface area contributed by atoms with Crippen molar-refractivity contribution < 1.29 is 24.2 Å². The molecule has 0 radical (unpaired) electrons. The van der Waals surface area contributed by atoms with Crippen molar-refractivity contribution >= 4 is 17.8 Å². The van der Waals surface area contributed by atoms with Crippen LogP contribution in [0, 0.1) is 5.41 Å². The number of likely N-dealkylation sites (tertiary alicyclic amines) is 1. The lowest BCUT2D eigenvalue weighted by Gasteiger charge is -2.22. The zero-order chi connectivity index (χ0) is 16.2. The Morgan fingerprint density at radius 3 is 2.43 bits per heavy atom. The molecule has 1 heterocycles. The number of nitrogens with one attached hydrogen (secondary N) is 1. The lowest BCUT2D eigenvalue weighted by atomic mass is 9.92. The number of carboxylic acids is 1. The van der Waals surface area contributed by atoms with E-state index in [9.17, 15) is 14.4 Å². The number of methoxy groups -OCH3 is 1. The van der Waals surface area contributed by atoms with Crippen molar-refractivity contribution in [3.05, 3.63) is 0 Å². The van der Waals surface area contributed by atoms with Crippen LogP contribution in [0.3, 0.4) is 0 Å². The summed E-state index contributed by atoms with van der Waals surface area (Å²) in [5.41, 5.74) is -0.161. The number of nitrogens with zero attached hydrogens (tertiary/aromatic N) is 1. The fraction of sp³-hybridized carbons (Fsp3) is 0.786. The van der Waals surface area contributed by atoms with Crippen molar-refractivity contribution in [1.29, 1.82) is 0 Å². The molecule has 0 aromatic carbocycles. The SMILES string of the molecule is COC1CC(C(=O)O)N(C(=O)CNC(=O)CC(C)(C)C)C1. The average Bonchev–Trinajstić information content (AvgIpc) is 2.78. The van der Waals surface area contributed by atoms with Crippen LogP contribution in [-0.4, -0.2) is 60.1 Å². The Bertz CT molecular complexity index is 416. The maximum Gasteiger partial charge on any atom is 0.326 e. The van der Waals surface area contributed by atoms with E-state index in [0.29, 0.717) is 6.42 Å². The Morgan fingerprint density at radius 1 is 1.33 bits per heavy atom. The molecule has 1 fully saturated rings. The molecular weight excluding hydrogens is 276 g/mol. The second-order valence-electron chi connectivity index (χ2n) is 6.51. The molecule has 0 aromatic heterocycles. The van der Waals surface area contributed by atoms with Crippen LogP contribution in [0.1, 0.15) is 33.6 Å². The van der Waals surface area contributed by atoms with Crippen molar-refractivity contribution in [3.8, 4) is 0 Å². The van der Waals surface area contributed by atoms with E-state index in [1.807, 2.05) is 20.8 Å². The third-order valence-corrected chi connectivity index (χ3v) is 3.33. The topological polar surface area (TPSA) is 95.9 Å². The smallest absolute Gasteiger partial charge is 0.326 e. The number of hydrogen-bond donors (Lipinski definition) is 2. The molecule has 2 N–H and O–H groups in total. The van der Waals surface area contributed by atoms with Gasteiger partial charge in [0.05, 0.1) is 12.6 Å². The summed E-state index contributed by atoms with van der Waals surface area (Å²) < 4.78 is 5.12. The molecule has 2 unspecified atom stereocenters. The van der Waals surface area contributed by atoms with Gasteiger partial charge in [-0.15, -0.1) is 0 Å². The predicted octanol–water partition coefficient (Wildman–Crippen LogP) is 0.239. The van der Waals surface area contributed by atoms with E-state index in [2.05, 4.69) is 5.32 Å². The molecule has 21 heavy (non-hydrogen) atoms. The van der Waals surface area contributed by atoms with Crippen LogP contribution in [0.15, 0.2) is 0 Å². The van der Waals surface area contributed by atoms with Gasteiger partial charge in [0.2, 0.25) is 11.8 Å². The lowest BCUT2D eigenvalue weighted by Crippen LogP contribution is -2.46. The monoisotopic (exact) mass is 300 g/mol. The van der Waals surface area contributed by atoms with Crippen LogP contribution in [0.5, 0.6) is 0 Å². The highest BCUT2D eigenvalue weighted by Gasteiger charge is 2.39. The summed E-state index contributed by atoms with van der Waals surface area (Å²) in [6.45, 7) is 5.84. The van der Waals surface area contributed by atoms with Gasteiger partial charge in [0, 0.05) is 26.5 Å². The lowest BCUT2D eigenvalue weighted by molar-refractivity contribution is -0.148. The fourth-order valence-electron chi connectivity index (χ4n) is 2.30. The van der Waals surface area contributed by atoms with E-state index >= 15 is 0 Å². The van der Waals surface area contributed by atoms with Gasteiger partial charge in [0.1, 0.15) is 6.04 Å². The van der Waals surface area contributed by atoms with E-state index in [1.54, 1.807) is 0 Å². The van der Waals surface area contributed by atoms with Crippen LogP contribution in [0.4, 0.5) is 0 Å². The third kappa shape index (κ3) is 5.34. The van der Waals surface area contributed by atoms with Gasteiger partial charge in [-0.05, 0) is 5.41 Å². The molecule has 0 bridgehead atoms.